The van der Waals surface area contributed by atoms with Crippen LogP contribution in [0.3, 0.4) is 0 Å². The van der Waals surface area contributed by atoms with E-state index >= 15 is 0 Å². The van der Waals surface area contributed by atoms with Gasteiger partial charge in [0.05, 0.1) is 10.8 Å². The van der Waals surface area contributed by atoms with E-state index in [0.717, 1.165) is 0 Å². The van der Waals surface area contributed by atoms with Gasteiger partial charge in [0.25, 0.3) is 0 Å². The maximum Gasteiger partial charge on any atom is 0.306 e. The van der Waals surface area contributed by atoms with Crippen molar-refractivity contribution in [1.29, 1.82) is 0 Å². The molecule has 0 spiro atoms. The highest BCUT2D eigenvalue weighted by atomic mass is 79.9. The zero-order chi connectivity index (χ0) is 15.8. The zero-order valence-electron chi connectivity index (χ0n) is 11.9. The van der Waals surface area contributed by atoms with E-state index in [-0.39, 0.29) is 17.5 Å². The van der Waals surface area contributed by atoms with E-state index in [0.29, 0.717) is 22.9 Å². The van der Waals surface area contributed by atoms with Gasteiger partial charge in [0, 0.05) is 17.1 Å². The lowest BCUT2D eigenvalue weighted by Gasteiger charge is -2.35. The normalized spacial score (nSPS) is 24.0. The molecule has 2 rings (SSSR count). The number of halogens is 1. The number of sulfonamides is 1. The minimum atomic E-state index is -3.60. The number of hydrogen-bond acceptors (Lipinski definition) is 3. The zero-order valence-corrected chi connectivity index (χ0v) is 14.3. The summed E-state index contributed by atoms with van der Waals surface area (Å²) in [5, 5.41) is 9.07. The van der Waals surface area contributed by atoms with Crippen molar-refractivity contribution in [3.05, 3.63) is 28.2 Å². The molecule has 0 aliphatic carbocycles. The smallest absolute Gasteiger partial charge is 0.306 e. The van der Waals surface area contributed by atoms with Gasteiger partial charge in [0.2, 0.25) is 10.0 Å². The van der Waals surface area contributed by atoms with Crippen molar-refractivity contribution in [2.24, 2.45) is 5.92 Å². The summed E-state index contributed by atoms with van der Waals surface area (Å²) < 4.78 is 27.7. The maximum atomic E-state index is 12.8. The fourth-order valence-corrected chi connectivity index (χ4v) is 5.13. The van der Waals surface area contributed by atoms with E-state index < -0.39 is 21.9 Å². The van der Waals surface area contributed by atoms with Gasteiger partial charge >= 0.3 is 5.97 Å². The molecule has 1 aliphatic heterocycles. The Hall–Kier alpha value is -0.920. The first-order chi connectivity index (χ1) is 9.73. The quantitative estimate of drug-likeness (QED) is 0.880. The van der Waals surface area contributed by atoms with Crippen LogP contribution in [0.5, 0.6) is 0 Å². The number of carbonyl (C=O) groups is 1. The highest BCUT2D eigenvalue weighted by Gasteiger charge is 2.37. The molecule has 7 heteroatoms. The maximum absolute atomic E-state index is 12.8. The average molecular weight is 376 g/mol. The van der Waals surface area contributed by atoms with Crippen molar-refractivity contribution in [3.63, 3.8) is 0 Å². The van der Waals surface area contributed by atoms with Crippen molar-refractivity contribution in [2.45, 2.75) is 37.6 Å². The highest BCUT2D eigenvalue weighted by molar-refractivity contribution is 9.10. The van der Waals surface area contributed by atoms with E-state index in [2.05, 4.69) is 15.9 Å². The number of rotatable bonds is 3. The third-order valence-corrected chi connectivity index (χ3v) is 6.55. The number of carboxylic acid groups (broad SMARTS) is 1. The van der Waals surface area contributed by atoms with Crippen LogP contribution in [0.15, 0.2) is 27.6 Å². The van der Waals surface area contributed by atoms with E-state index in [1.165, 1.54) is 4.31 Å². The largest absolute Gasteiger partial charge is 0.481 e. The van der Waals surface area contributed by atoms with Gasteiger partial charge in [-0.1, -0.05) is 22.0 Å². The average Bonchev–Trinajstić information content (AvgIpc) is 2.40. The molecule has 5 nitrogen and oxygen atoms in total. The Morgan fingerprint density at radius 1 is 1.43 bits per heavy atom. The van der Waals surface area contributed by atoms with Crippen LogP contribution in [0, 0.1) is 12.8 Å². The molecule has 1 saturated heterocycles. The van der Waals surface area contributed by atoms with Crippen LogP contribution in [0.1, 0.15) is 25.3 Å². The molecule has 1 aromatic carbocycles. The van der Waals surface area contributed by atoms with Crippen molar-refractivity contribution in [1.82, 2.24) is 4.31 Å². The van der Waals surface area contributed by atoms with Gasteiger partial charge in [0.15, 0.2) is 0 Å². The predicted molar refractivity (Wildman–Crippen MR) is 82.6 cm³/mol. The van der Waals surface area contributed by atoms with Gasteiger partial charge in [-0.25, -0.2) is 8.42 Å². The highest BCUT2D eigenvalue weighted by Crippen LogP contribution is 2.31. The molecule has 0 bridgehead atoms. The fraction of sp³-hybridized carbons (Fsp3) is 0.500. The summed E-state index contributed by atoms with van der Waals surface area (Å²) in [6.45, 7) is 3.76. The third kappa shape index (κ3) is 3.30. The second-order valence-corrected chi connectivity index (χ2v) is 8.21. The summed E-state index contributed by atoms with van der Waals surface area (Å²) >= 11 is 3.30. The number of piperidine rings is 1. The molecular weight excluding hydrogens is 358 g/mol. The fourth-order valence-electron chi connectivity index (χ4n) is 2.71. The van der Waals surface area contributed by atoms with Gasteiger partial charge in [-0.3, -0.25) is 4.79 Å². The number of hydrogen-bond donors (Lipinski definition) is 1. The molecule has 0 aromatic heterocycles. The molecule has 1 fully saturated rings. The molecule has 1 heterocycles. The summed E-state index contributed by atoms with van der Waals surface area (Å²) in [4.78, 5) is 11.3. The van der Waals surface area contributed by atoms with E-state index in [1.54, 1.807) is 32.0 Å². The molecule has 1 aromatic rings. The summed E-state index contributed by atoms with van der Waals surface area (Å²) in [5.74, 6) is -1.31. The van der Waals surface area contributed by atoms with Gasteiger partial charge in [-0.05, 0) is 44.4 Å². The van der Waals surface area contributed by atoms with Crippen LogP contribution < -0.4 is 0 Å². The first kappa shape index (κ1) is 16.5. The molecule has 2 atom stereocenters. The molecule has 1 aliphatic rings. The van der Waals surface area contributed by atoms with Crippen molar-refractivity contribution in [2.75, 3.05) is 6.54 Å². The Morgan fingerprint density at radius 2 is 2.10 bits per heavy atom. The Labute approximate surface area is 133 Å². The summed E-state index contributed by atoms with van der Waals surface area (Å²) in [5.41, 5.74) is 0.686. The number of nitrogens with zero attached hydrogens (tertiary/aromatic N) is 1. The van der Waals surface area contributed by atoms with Crippen LogP contribution in [0.4, 0.5) is 0 Å². The summed E-state index contributed by atoms with van der Waals surface area (Å²) in [6.07, 6.45) is 0.702. The van der Waals surface area contributed by atoms with Crippen LogP contribution in [-0.4, -0.2) is 36.4 Å². The van der Waals surface area contributed by atoms with Crippen LogP contribution in [0.25, 0.3) is 0 Å². The molecule has 0 radical (unpaired) electrons. The minimum absolute atomic E-state index is 0.242. The third-order valence-electron chi connectivity index (χ3n) is 3.90. The standard InChI is InChI=1S/C14H18BrNO4S/c1-9-3-4-12(15)8-13(9)21(19,20)16-6-5-11(14(17)18)7-10(16)2/h3-4,8,10-11H,5-7H2,1-2H3,(H,17,18). The second-order valence-electron chi connectivity index (χ2n) is 5.43. The van der Waals surface area contributed by atoms with Gasteiger partial charge in [0.1, 0.15) is 0 Å². The van der Waals surface area contributed by atoms with Gasteiger partial charge < -0.3 is 5.11 Å². The number of carboxylic acids is 1. The molecule has 116 valence electrons. The molecular formula is C14H18BrNO4S. The Bertz CT molecular complexity index is 659. The van der Waals surface area contributed by atoms with Crippen LogP contribution in [0.2, 0.25) is 0 Å². The van der Waals surface area contributed by atoms with E-state index in [1.807, 2.05) is 0 Å². The lowest BCUT2D eigenvalue weighted by Crippen LogP contribution is -2.46. The number of aliphatic carboxylic acids is 1. The Balaban J connectivity index is 2.32. The lowest BCUT2D eigenvalue weighted by molar-refractivity contribution is -0.143. The first-order valence-corrected chi connectivity index (χ1v) is 8.97. The topological polar surface area (TPSA) is 74.7 Å². The van der Waals surface area contributed by atoms with Crippen LogP contribution in [-0.2, 0) is 14.8 Å². The van der Waals surface area contributed by atoms with Crippen LogP contribution >= 0.6 is 15.9 Å². The monoisotopic (exact) mass is 375 g/mol. The minimum Gasteiger partial charge on any atom is -0.481 e. The van der Waals surface area contributed by atoms with E-state index in [4.69, 9.17) is 5.11 Å². The predicted octanol–water partition coefficient (Wildman–Crippen LogP) is 2.63. The van der Waals surface area contributed by atoms with Crippen molar-refractivity contribution < 1.29 is 18.3 Å². The van der Waals surface area contributed by atoms with Gasteiger partial charge in [-0.15, -0.1) is 0 Å². The van der Waals surface area contributed by atoms with Gasteiger partial charge in [-0.2, -0.15) is 4.31 Å². The lowest BCUT2D eigenvalue weighted by atomic mass is 9.93. The van der Waals surface area contributed by atoms with E-state index in [9.17, 15) is 13.2 Å². The molecule has 0 amide bonds. The summed E-state index contributed by atoms with van der Waals surface area (Å²) in [7, 11) is -3.60. The second kappa shape index (κ2) is 6.06. The van der Waals surface area contributed by atoms with Crippen molar-refractivity contribution >= 4 is 31.9 Å². The molecule has 2 unspecified atom stereocenters. The number of aryl methyl sites for hydroxylation is 1. The number of benzene rings is 1. The molecule has 0 saturated carbocycles. The Morgan fingerprint density at radius 3 is 2.67 bits per heavy atom. The summed E-state index contributed by atoms with van der Waals surface area (Å²) in [6, 6.07) is 4.84. The first-order valence-electron chi connectivity index (χ1n) is 6.74. The molecule has 21 heavy (non-hydrogen) atoms. The molecule has 1 N–H and O–H groups in total. The SMILES string of the molecule is Cc1ccc(Br)cc1S(=O)(=O)N1CCC(C(=O)O)CC1C. The Kier molecular flexibility index (Phi) is 4.75. The van der Waals surface area contributed by atoms with Crippen molar-refractivity contribution in [3.8, 4) is 0 Å².